The van der Waals surface area contributed by atoms with Crippen molar-refractivity contribution in [3.8, 4) is 0 Å². The molecule has 8 heteroatoms. The molecule has 0 radical (unpaired) electrons. The van der Waals surface area contributed by atoms with Gasteiger partial charge in [-0.05, 0) is 20.8 Å². The number of nitrogens with one attached hydrogen (secondary N) is 2. The van der Waals surface area contributed by atoms with Crippen molar-refractivity contribution in [2.45, 2.75) is 33.2 Å². The molecule has 0 aliphatic heterocycles. The quantitative estimate of drug-likeness (QED) is 0.727. The van der Waals surface area contributed by atoms with Crippen molar-refractivity contribution in [1.82, 2.24) is 25.0 Å². The van der Waals surface area contributed by atoms with Crippen LogP contribution in [-0.4, -0.2) is 36.0 Å². The summed E-state index contributed by atoms with van der Waals surface area (Å²) in [5, 5.41) is 22.1. The maximum atomic E-state index is 11.6. The van der Waals surface area contributed by atoms with Gasteiger partial charge >= 0.3 is 11.7 Å². The van der Waals surface area contributed by atoms with Gasteiger partial charge in [-0.3, -0.25) is 9.67 Å². The first-order valence-electron chi connectivity index (χ1n) is 5.80. The van der Waals surface area contributed by atoms with Gasteiger partial charge in [0.2, 0.25) is 0 Å². The third-order valence-corrected chi connectivity index (χ3v) is 3.14. The monoisotopic (exact) mass is 265 g/mol. The molecule has 0 spiro atoms. The molecular weight excluding hydrogens is 250 g/mol. The van der Waals surface area contributed by atoms with Crippen LogP contribution in [0.2, 0.25) is 0 Å². The Morgan fingerprint density at radius 3 is 2.58 bits per heavy atom. The average molecular weight is 265 g/mol. The molecule has 2 rings (SSSR count). The van der Waals surface area contributed by atoms with Crippen LogP contribution in [0.4, 0.5) is 0 Å². The van der Waals surface area contributed by atoms with E-state index in [9.17, 15) is 9.59 Å². The zero-order valence-corrected chi connectivity index (χ0v) is 10.9. The first-order valence-corrected chi connectivity index (χ1v) is 5.80. The van der Waals surface area contributed by atoms with Crippen molar-refractivity contribution in [1.29, 1.82) is 0 Å². The Balaban J connectivity index is 2.42. The van der Waals surface area contributed by atoms with E-state index < -0.39 is 17.7 Å². The minimum atomic E-state index is -1.08. The summed E-state index contributed by atoms with van der Waals surface area (Å²) in [5.74, 6) is -0.696. The molecule has 0 fully saturated rings. The molecule has 3 N–H and O–H groups in total. The number of aromatic nitrogens is 5. The number of carboxylic acid groups (broad SMARTS) is 1. The maximum absolute atomic E-state index is 11.6. The van der Waals surface area contributed by atoms with E-state index in [0.29, 0.717) is 12.2 Å². The number of rotatable bonds is 4. The lowest BCUT2D eigenvalue weighted by Crippen LogP contribution is -2.27. The summed E-state index contributed by atoms with van der Waals surface area (Å²) in [6.45, 7) is 5.15. The summed E-state index contributed by atoms with van der Waals surface area (Å²) in [6.07, 6.45) is 0.352. The van der Waals surface area contributed by atoms with Gasteiger partial charge in [0.25, 0.3) is 0 Å². The summed E-state index contributed by atoms with van der Waals surface area (Å²) in [5.41, 5.74) is 2.08. The van der Waals surface area contributed by atoms with Crippen molar-refractivity contribution in [2.75, 3.05) is 0 Å². The van der Waals surface area contributed by atoms with Crippen LogP contribution in [0.25, 0.3) is 0 Å². The third kappa shape index (κ3) is 2.28. The number of carbonyl (C=O) groups is 1. The van der Waals surface area contributed by atoms with Gasteiger partial charge in [-0.2, -0.15) is 10.2 Å². The van der Waals surface area contributed by atoms with Crippen LogP contribution < -0.4 is 5.69 Å². The molecule has 0 amide bonds. The fourth-order valence-electron chi connectivity index (χ4n) is 1.96. The molecule has 0 saturated heterocycles. The second-order valence-electron chi connectivity index (χ2n) is 4.42. The van der Waals surface area contributed by atoms with E-state index in [2.05, 4.69) is 20.4 Å². The highest BCUT2D eigenvalue weighted by Crippen LogP contribution is 2.15. The molecule has 8 nitrogen and oxygen atoms in total. The summed E-state index contributed by atoms with van der Waals surface area (Å²) in [7, 11) is 0. The average Bonchev–Trinajstić information content (AvgIpc) is 2.86. The van der Waals surface area contributed by atoms with Crippen molar-refractivity contribution in [3.63, 3.8) is 0 Å². The zero-order valence-electron chi connectivity index (χ0n) is 10.9. The molecule has 0 aliphatic rings. The third-order valence-electron chi connectivity index (χ3n) is 3.14. The molecule has 2 aromatic heterocycles. The fourth-order valence-corrected chi connectivity index (χ4v) is 1.96. The Hall–Kier alpha value is -2.38. The summed E-state index contributed by atoms with van der Waals surface area (Å²) in [4.78, 5) is 22.7. The standard InChI is InChI=1S/C11H15N5O3/c1-5-8(6(2)13-12-5)4-9-14-15-11(19)16(9)7(3)10(17)18/h7H,4H2,1-3H3,(H,12,13)(H,15,19)(H,17,18). The van der Waals surface area contributed by atoms with Gasteiger partial charge in [-0.25, -0.2) is 14.7 Å². The predicted molar refractivity (Wildman–Crippen MR) is 66.1 cm³/mol. The topological polar surface area (TPSA) is 117 Å². The van der Waals surface area contributed by atoms with E-state index >= 15 is 0 Å². The molecule has 102 valence electrons. The molecule has 19 heavy (non-hydrogen) atoms. The fraction of sp³-hybridized carbons (Fsp3) is 0.455. The second kappa shape index (κ2) is 4.71. The summed E-state index contributed by atoms with van der Waals surface area (Å²) < 4.78 is 1.15. The van der Waals surface area contributed by atoms with Crippen LogP contribution in [-0.2, 0) is 11.2 Å². The van der Waals surface area contributed by atoms with Crippen molar-refractivity contribution in [2.24, 2.45) is 0 Å². The number of H-pyrrole nitrogens is 2. The number of aromatic amines is 2. The van der Waals surface area contributed by atoms with E-state index in [4.69, 9.17) is 5.11 Å². The lowest BCUT2D eigenvalue weighted by molar-refractivity contribution is -0.140. The Bertz CT molecular complexity index is 647. The minimum absolute atomic E-state index is 0.352. The predicted octanol–water partition coefficient (Wildman–Crippen LogP) is 0.148. The van der Waals surface area contributed by atoms with Crippen LogP contribution in [0, 0.1) is 13.8 Å². The van der Waals surface area contributed by atoms with E-state index in [1.807, 2.05) is 13.8 Å². The van der Waals surface area contributed by atoms with Gasteiger partial charge in [-0.15, -0.1) is 0 Å². The number of carboxylic acids is 1. The molecule has 0 saturated carbocycles. The Kier molecular flexibility index (Phi) is 3.24. The number of hydrogen-bond donors (Lipinski definition) is 3. The lowest BCUT2D eigenvalue weighted by Gasteiger charge is -2.09. The first-order chi connectivity index (χ1) is 8.91. The van der Waals surface area contributed by atoms with Crippen LogP contribution >= 0.6 is 0 Å². The lowest BCUT2D eigenvalue weighted by atomic mass is 10.1. The molecular formula is C11H15N5O3. The van der Waals surface area contributed by atoms with Gasteiger partial charge < -0.3 is 5.11 Å². The second-order valence-corrected chi connectivity index (χ2v) is 4.42. The van der Waals surface area contributed by atoms with Gasteiger partial charge in [0.15, 0.2) is 0 Å². The van der Waals surface area contributed by atoms with E-state index in [0.717, 1.165) is 21.5 Å². The SMILES string of the molecule is Cc1n[nH]c(C)c1Cc1n[nH]c(=O)n1C(C)C(=O)O. The molecule has 2 aromatic rings. The van der Waals surface area contributed by atoms with Gasteiger partial charge in [0, 0.05) is 17.7 Å². The van der Waals surface area contributed by atoms with Gasteiger partial charge in [0.1, 0.15) is 11.9 Å². The summed E-state index contributed by atoms with van der Waals surface area (Å²) >= 11 is 0. The van der Waals surface area contributed by atoms with E-state index in [-0.39, 0.29) is 0 Å². The maximum Gasteiger partial charge on any atom is 0.344 e. The molecule has 1 unspecified atom stereocenters. The smallest absolute Gasteiger partial charge is 0.344 e. The Labute approximate surface area is 108 Å². The van der Waals surface area contributed by atoms with E-state index in [1.165, 1.54) is 6.92 Å². The highest BCUT2D eigenvalue weighted by atomic mass is 16.4. The summed E-state index contributed by atoms with van der Waals surface area (Å²) in [6, 6.07) is -0.964. The normalized spacial score (nSPS) is 12.6. The largest absolute Gasteiger partial charge is 0.480 e. The van der Waals surface area contributed by atoms with Gasteiger partial charge in [-0.1, -0.05) is 0 Å². The molecule has 1 atom stereocenters. The van der Waals surface area contributed by atoms with Crippen LogP contribution in [0.3, 0.4) is 0 Å². The van der Waals surface area contributed by atoms with Crippen molar-refractivity contribution >= 4 is 5.97 Å². The molecule has 0 aromatic carbocycles. The minimum Gasteiger partial charge on any atom is -0.480 e. The van der Waals surface area contributed by atoms with E-state index in [1.54, 1.807) is 0 Å². The van der Waals surface area contributed by atoms with Crippen LogP contribution in [0.1, 0.15) is 35.7 Å². The first kappa shape index (κ1) is 13.1. The molecule has 0 bridgehead atoms. The number of hydrogen-bond acceptors (Lipinski definition) is 4. The van der Waals surface area contributed by atoms with Gasteiger partial charge in [0.05, 0.1) is 5.69 Å². The Morgan fingerprint density at radius 2 is 2.05 bits per heavy atom. The highest BCUT2D eigenvalue weighted by Gasteiger charge is 2.21. The molecule has 0 aliphatic carbocycles. The van der Waals surface area contributed by atoms with Crippen LogP contribution in [0.15, 0.2) is 4.79 Å². The zero-order chi connectivity index (χ0) is 14.2. The molecule has 2 heterocycles. The number of nitrogens with zero attached hydrogens (tertiary/aromatic N) is 3. The van der Waals surface area contributed by atoms with Crippen molar-refractivity contribution in [3.05, 3.63) is 33.3 Å². The Morgan fingerprint density at radius 1 is 1.37 bits per heavy atom. The highest BCUT2D eigenvalue weighted by molar-refractivity contribution is 5.71. The van der Waals surface area contributed by atoms with Crippen molar-refractivity contribution < 1.29 is 9.90 Å². The number of aryl methyl sites for hydroxylation is 2. The number of aliphatic carboxylic acids is 1. The van der Waals surface area contributed by atoms with Crippen LogP contribution in [0.5, 0.6) is 0 Å².